The number of ether oxygens (including phenoxy) is 1. The average molecular weight is 453 g/mol. The van der Waals surface area contributed by atoms with Crippen LogP contribution in [0.2, 0.25) is 0 Å². The van der Waals surface area contributed by atoms with Gasteiger partial charge in [0, 0.05) is 30.8 Å². The highest BCUT2D eigenvalue weighted by molar-refractivity contribution is 5.94. The lowest BCUT2D eigenvalue weighted by atomic mass is 10.1. The summed E-state index contributed by atoms with van der Waals surface area (Å²) in [4.78, 5) is 17.2. The molecule has 0 bridgehead atoms. The minimum absolute atomic E-state index is 0.166. The molecule has 0 atom stereocenters. The van der Waals surface area contributed by atoms with Gasteiger partial charge in [-0.25, -0.2) is 8.78 Å². The number of aromatic nitrogens is 1. The molecule has 0 radical (unpaired) electrons. The van der Waals surface area contributed by atoms with Gasteiger partial charge in [-0.3, -0.25) is 4.79 Å². The van der Waals surface area contributed by atoms with Gasteiger partial charge in [-0.15, -0.1) is 0 Å². The molecule has 1 aromatic heterocycles. The fraction of sp³-hybridized carbons (Fsp3) is 0.360. The zero-order valence-corrected chi connectivity index (χ0v) is 18.2. The van der Waals surface area contributed by atoms with Crippen molar-refractivity contribution in [3.8, 4) is 11.3 Å². The number of nitrogens with zero attached hydrogens (tertiary/aromatic N) is 3. The zero-order chi connectivity index (χ0) is 22.8. The molecule has 6 nitrogen and oxygen atoms in total. The van der Waals surface area contributed by atoms with Crippen LogP contribution in [0.15, 0.2) is 53.1 Å². The van der Waals surface area contributed by atoms with Gasteiger partial charge in [-0.2, -0.15) is 0 Å². The molecule has 1 amide bonds. The minimum Gasteiger partial charge on any atom is -0.378 e. The largest absolute Gasteiger partial charge is 0.378 e. The van der Waals surface area contributed by atoms with Gasteiger partial charge in [-0.05, 0) is 67.3 Å². The Balaban J connectivity index is 1.51. The van der Waals surface area contributed by atoms with Crippen molar-refractivity contribution in [1.82, 2.24) is 10.1 Å². The first-order valence-corrected chi connectivity index (χ1v) is 11.2. The number of amides is 1. The monoisotopic (exact) mass is 453 g/mol. The van der Waals surface area contributed by atoms with Crippen molar-refractivity contribution in [2.75, 3.05) is 37.7 Å². The van der Waals surface area contributed by atoms with Crippen molar-refractivity contribution in [3.63, 3.8) is 0 Å². The lowest BCUT2D eigenvalue weighted by molar-refractivity contribution is 0.0734. The van der Waals surface area contributed by atoms with Crippen LogP contribution in [0.5, 0.6) is 0 Å². The van der Waals surface area contributed by atoms with E-state index in [2.05, 4.69) is 10.1 Å². The van der Waals surface area contributed by atoms with Crippen molar-refractivity contribution in [2.45, 2.75) is 19.4 Å². The molecular weight excluding hydrogens is 428 g/mol. The van der Waals surface area contributed by atoms with E-state index in [4.69, 9.17) is 9.26 Å². The van der Waals surface area contributed by atoms with Gasteiger partial charge in [0.2, 0.25) is 5.88 Å². The standard InChI is InChI=1S/C25H25F2N3O3/c26-20-7-3-18(4-8-20)23-22(25(33-28-23)29-11-13-32-14-12-29)16-30(15-17-1-2-17)24(31)19-5-9-21(27)10-6-19/h3-10,17H,1-2,11-16H2. The van der Waals surface area contributed by atoms with Crippen molar-refractivity contribution in [3.05, 3.63) is 71.3 Å². The number of morpholine rings is 1. The number of hydrogen-bond donors (Lipinski definition) is 0. The molecule has 3 aromatic rings. The Labute approximate surface area is 190 Å². The predicted octanol–water partition coefficient (Wildman–Crippen LogP) is 4.51. The number of rotatable bonds is 7. The third-order valence-corrected chi connectivity index (χ3v) is 6.09. The molecule has 1 saturated heterocycles. The zero-order valence-electron chi connectivity index (χ0n) is 18.2. The third kappa shape index (κ3) is 4.90. The normalized spacial score (nSPS) is 16.1. The van der Waals surface area contributed by atoms with Crippen LogP contribution in [0.4, 0.5) is 14.7 Å². The summed E-state index contributed by atoms with van der Waals surface area (Å²) in [6.45, 7) is 3.35. The molecular formula is C25H25F2N3O3. The van der Waals surface area contributed by atoms with Crippen molar-refractivity contribution >= 4 is 11.8 Å². The summed E-state index contributed by atoms with van der Waals surface area (Å²) in [5.41, 5.74) is 2.52. The van der Waals surface area contributed by atoms with Gasteiger partial charge < -0.3 is 19.1 Å². The molecule has 2 aromatic carbocycles. The fourth-order valence-corrected chi connectivity index (χ4v) is 4.09. The first kappa shape index (κ1) is 21.6. The third-order valence-electron chi connectivity index (χ3n) is 6.09. The number of anilines is 1. The summed E-state index contributed by atoms with van der Waals surface area (Å²) < 4.78 is 38.2. The van der Waals surface area contributed by atoms with E-state index in [-0.39, 0.29) is 24.1 Å². The Morgan fingerprint density at radius 1 is 1.00 bits per heavy atom. The first-order valence-electron chi connectivity index (χ1n) is 11.2. The molecule has 172 valence electrons. The smallest absolute Gasteiger partial charge is 0.254 e. The van der Waals surface area contributed by atoms with Crippen LogP contribution in [-0.4, -0.2) is 48.8 Å². The average Bonchev–Trinajstić information content (AvgIpc) is 3.57. The summed E-state index contributed by atoms with van der Waals surface area (Å²) in [5, 5.41) is 4.32. The van der Waals surface area contributed by atoms with Gasteiger partial charge in [0.15, 0.2) is 0 Å². The summed E-state index contributed by atoms with van der Waals surface area (Å²) in [6.07, 6.45) is 2.16. The van der Waals surface area contributed by atoms with E-state index in [9.17, 15) is 13.6 Å². The van der Waals surface area contributed by atoms with Crippen molar-refractivity contribution in [2.24, 2.45) is 5.92 Å². The molecule has 1 saturated carbocycles. The van der Waals surface area contributed by atoms with Crippen LogP contribution < -0.4 is 4.90 Å². The van der Waals surface area contributed by atoms with Gasteiger partial charge >= 0.3 is 0 Å². The van der Waals surface area contributed by atoms with Crippen molar-refractivity contribution < 1.29 is 22.8 Å². The van der Waals surface area contributed by atoms with Gasteiger partial charge in [0.1, 0.15) is 17.3 Å². The molecule has 8 heteroatoms. The highest BCUT2D eigenvalue weighted by atomic mass is 19.1. The molecule has 5 rings (SSSR count). The summed E-state index contributed by atoms with van der Waals surface area (Å²) in [7, 11) is 0. The Kier molecular flexibility index (Phi) is 6.09. The topological polar surface area (TPSA) is 58.8 Å². The Morgan fingerprint density at radius 2 is 1.64 bits per heavy atom. The molecule has 0 unspecified atom stereocenters. The maximum Gasteiger partial charge on any atom is 0.254 e. The van der Waals surface area contributed by atoms with E-state index in [1.807, 2.05) is 0 Å². The van der Waals surface area contributed by atoms with E-state index >= 15 is 0 Å². The number of benzene rings is 2. The summed E-state index contributed by atoms with van der Waals surface area (Å²) in [5.74, 6) is 0.174. The van der Waals surface area contributed by atoms with Gasteiger partial charge in [-0.1, -0.05) is 5.16 Å². The van der Waals surface area contributed by atoms with Crippen molar-refractivity contribution in [1.29, 1.82) is 0 Å². The summed E-state index contributed by atoms with van der Waals surface area (Å²) in [6, 6.07) is 11.7. The van der Waals surface area contributed by atoms with E-state index in [0.29, 0.717) is 55.9 Å². The van der Waals surface area contributed by atoms with E-state index in [1.54, 1.807) is 17.0 Å². The number of carbonyl (C=O) groups excluding carboxylic acids is 1. The van der Waals surface area contributed by atoms with E-state index < -0.39 is 0 Å². The molecule has 2 fully saturated rings. The molecule has 2 aliphatic rings. The molecule has 1 aliphatic heterocycles. The first-order chi connectivity index (χ1) is 16.1. The van der Waals surface area contributed by atoms with Gasteiger partial charge in [0.05, 0.1) is 25.3 Å². The summed E-state index contributed by atoms with van der Waals surface area (Å²) >= 11 is 0. The molecule has 0 spiro atoms. The number of hydrogen-bond acceptors (Lipinski definition) is 5. The predicted molar refractivity (Wildman–Crippen MR) is 119 cm³/mol. The van der Waals surface area contributed by atoms with Crippen LogP contribution in [0, 0.1) is 17.6 Å². The second-order valence-electron chi connectivity index (χ2n) is 8.56. The van der Waals surface area contributed by atoms with Crippen LogP contribution in [0.25, 0.3) is 11.3 Å². The molecule has 33 heavy (non-hydrogen) atoms. The Hall–Kier alpha value is -3.26. The van der Waals surface area contributed by atoms with E-state index in [0.717, 1.165) is 24.0 Å². The maximum absolute atomic E-state index is 13.5. The van der Waals surface area contributed by atoms with E-state index in [1.165, 1.54) is 36.4 Å². The minimum atomic E-state index is -0.382. The van der Waals surface area contributed by atoms with Crippen LogP contribution in [0.1, 0.15) is 28.8 Å². The Morgan fingerprint density at radius 3 is 2.27 bits per heavy atom. The fourth-order valence-electron chi connectivity index (χ4n) is 4.09. The SMILES string of the molecule is O=C(c1ccc(F)cc1)N(Cc1c(-c2ccc(F)cc2)noc1N1CCOCC1)CC1CC1. The second kappa shape index (κ2) is 9.31. The van der Waals surface area contributed by atoms with Crippen LogP contribution in [-0.2, 0) is 11.3 Å². The lowest BCUT2D eigenvalue weighted by Gasteiger charge is -2.28. The molecule has 2 heterocycles. The number of halogens is 2. The van der Waals surface area contributed by atoms with Gasteiger partial charge in [0.25, 0.3) is 5.91 Å². The number of carbonyl (C=O) groups is 1. The second-order valence-corrected chi connectivity index (χ2v) is 8.56. The maximum atomic E-state index is 13.5. The van der Waals surface area contributed by atoms with Crippen LogP contribution >= 0.6 is 0 Å². The molecule has 0 N–H and O–H groups in total. The van der Waals surface area contributed by atoms with Crippen LogP contribution in [0.3, 0.4) is 0 Å². The quantitative estimate of drug-likeness (QED) is 0.527. The molecule has 1 aliphatic carbocycles. The highest BCUT2D eigenvalue weighted by Gasteiger charge is 2.31. The Bertz CT molecular complexity index is 1100. The highest BCUT2D eigenvalue weighted by Crippen LogP contribution is 2.35. The lowest BCUT2D eigenvalue weighted by Crippen LogP contribution is -2.37.